The lowest BCUT2D eigenvalue weighted by Crippen LogP contribution is -2.16. The van der Waals surface area contributed by atoms with Crippen molar-refractivity contribution in [3.05, 3.63) is 187 Å². The molecule has 6 aromatic carbocycles. The van der Waals surface area contributed by atoms with Crippen molar-refractivity contribution in [3.63, 3.8) is 0 Å². The maximum Gasteiger partial charge on any atom is 0.163 e. The first kappa shape index (κ1) is 28.4. The first-order valence-corrected chi connectivity index (χ1v) is 16.9. The Hall–Kier alpha value is -6.59. The summed E-state index contributed by atoms with van der Waals surface area (Å²) in [5.41, 5.74) is 8.89. The van der Waals surface area contributed by atoms with Gasteiger partial charge in [-0.05, 0) is 59.7 Å². The van der Waals surface area contributed by atoms with Crippen molar-refractivity contribution in [2.75, 3.05) is 0 Å². The third-order valence-corrected chi connectivity index (χ3v) is 9.85. The molecule has 0 saturated carbocycles. The largest absolute Gasteiger partial charge is 0.461 e. The molecule has 3 heterocycles. The van der Waals surface area contributed by atoms with Crippen molar-refractivity contribution in [1.82, 2.24) is 19.5 Å². The van der Waals surface area contributed by atoms with Gasteiger partial charge < -0.3 is 9.30 Å². The van der Waals surface area contributed by atoms with Gasteiger partial charge in [-0.3, -0.25) is 0 Å². The normalized spacial score (nSPS) is 16.2. The number of benzene rings is 6. The van der Waals surface area contributed by atoms with Crippen LogP contribution in [0.15, 0.2) is 176 Å². The van der Waals surface area contributed by atoms with E-state index in [0.717, 1.165) is 50.8 Å². The van der Waals surface area contributed by atoms with Gasteiger partial charge in [-0.1, -0.05) is 121 Å². The second-order valence-corrected chi connectivity index (χ2v) is 12.8. The second kappa shape index (κ2) is 11.5. The average molecular weight is 643 g/mol. The van der Waals surface area contributed by atoms with E-state index in [2.05, 4.69) is 114 Å². The third kappa shape index (κ3) is 4.66. The summed E-state index contributed by atoms with van der Waals surface area (Å²) in [4.78, 5) is 15.1. The number of ether oxygens (including phenoxy) is 1. The molecule has 50 heavy (non-hydrogen) atoms. The number of allylic oxidation sites excluding steroid dienone is 4. The Morgan fingerprint density at radius 3 is 1.88 bits per heavy atom. The quantitative estimate of drug-likeness (QED) is 0.187. The summed E-state index contributed by atoms with van der Waals surface area (Å²) in [6, 6.07) is 52.9. The number of para-hydroxylation sites is 2. The van der Waals surface area contributed by atoms with E-state index in [1.807, 2.05) is 60.7 Å². The van der Waals surface area contributed by atoms with Crippen LogP contribution in [0.25, 0.3) is 61.4 Å². The molecule has 8 aromatic rings. The average Bonchev–Trinajstić information content (AvgIpc) is 3.74. The summed E-state index contributed by atoms with van der Waals surface area (Å²) in [5.74, 6) is 3.64. The van der Waals surface area contributed by atoms with Crippen molar-refractivity contribution in [3.8, 4) is 45.3 Å². The molecule has 0 fully saturated rings. The number of hydrogen-bond donors (Lipinski definition) is 0. The lowest BCUT2D eigenvalue weighted by atomic mass is 9.81. The highest BCUT2D eigenvalue weighted by molar-refractivity contribution is 6.10. The Morgan fingerprint density at radius 2 is 1.14 bits per heavy atom. The molecule has 1 aliphatic carbocycles. The number of hydrogen-bond acceptors (Lipinski definition) is 4. The minimum absolute atomic E-state index is 0.0617. The van der Waals surface area contributed by atoms with Crippen LogP contribution in [-0.2, 0) is 0 Å². The van der Waals surface area contributed by atoms with Crippen molar-refractivity contribution in [1.29, 1.82) is 0 Å². The van der Waals surface area contributed by atoms with Gasteiger partial charge in [0.15, 0.2) is 11.6 Å². The molecule has 0 amide bonds. The summed E-state index contributed by atoms with van der Waals surface area (Å²) in [6.07, 6.45) is 6.33. The zero-order valence-electron chi connectivity index (χ0n) is 27.0. The topological polar surface area (TPSA) is 52.8 Å². The highest BCUT2D eigenvalue weighted by atomic mass is 16.5. The van der Waals surface area contributed by atoms with Gasteiger partial charge >= 0.3 is 0 Å². The molecule has 2 atom stereocenters. The minimum Gasteiger partial charge on any atom is -0.461 e. The van der Waals surface area contributed by atoms with Crippen LogP contribution < -0.4 is 4.74 Å². The first-order chi connectivity index (χ1) is 24.8. The molecule has 0 saturated heterocycles. The summed E-state index contributed by atoms with van der Waals surface area (Å²) in [5, 5.41) is 2.46. The fourth-order valence-corrected chi connectivity index (χ4v) is 7.51. The van der Waals surface area contributed by atoms with Crippen LogP contribution in [-0.4, -0.2) is 19.5 Å². The third-order valence-electron chi connectivity index (χ3n) is 9.85. The first-order valence-electron chi connectivity index (χ1n) is 16.9. The molecule has 0 N–H and O–H groups in total. The predicted octanol–water partition coefficient (Wildman–Crippen LogP) is 10.7. The van der Waals surface area contributed by atoms with Crippen LogP contribution in [0.2, 0.25) is 0 Å². The zero-order chi connectivity index (χ0) is 33.0. The smallest absolute Gasteiger partial charge is 0.163 e. The van der Waals surface area contributed by atoms with Gasteiger partial charge in [0.1, 0.15) is 17.3 Å². The van der Waals surface area contributed by atoms with Crippen LogP contribution in [0.3, 0.4) is 0 Å². The van der Waals surface area contributed by atoms with Crippen LogP contribution in [0.1, 0.15) is 23.2 Å². The van der Waals surface area contributed by atoms with E-state index in [1.54, 1.807) is 0 Å². The van der Waals surface area contributed by atoms with E-state index in [0.29, 0.717) is 11.6 Å². The lowest BCUT2D eigenvalue weighted by molar-refractivity contribution is 0.414. The summed E-state index contributed by atoms with van der Waals surface area (Å²) >= 11 is 0. The second-order valence-electron chi connectivity index (χ2n) is 12.8. The van der Waals surface area contributed by atoms with Crippen molar-refractivity contribution < 1.29 is 4.74 Å². The van der Waals surface area contributed by atoms with Crippen LogP contribution in [0.5, 0.6) is 5.75 Å². The van der Waals surface area contributed by atoms with Crippen molar-refractivity contribution in [2.24, 2.45) is 0 Å². The Balaban J connectivity index is 1.09. The lowest BCUT2D eigenvalue weighted by Gasteiger charge is -2.23. The van der Waals surface area contributed by atoms with Crippen molar-refractivity contribution in [2.45, 2.75) is 11.8 Å². The van der Waals surface area contributed by atoms with Crippen LogP contribution in [0.4, 0.5) is 0 Å². The molecule has 2 aromatic heterocycles. The standard InChI is InChI=1S/C45H30N4O/c1-4-13-29(14-5-1)43-46-44(30-15-6-2-7-16-30)48-45(47-43)35-20-12-22-41-42(35)37-28-32(24-26-40(37)50-41)31-23-25-39-36(27-31)34-19-10-11-21-38(34)49(39)33-17-8-3-9-18-33/h1-28,35,42H. The zero-order valence-corrected chi connectivity index (χ0v) is 27.0. The molecule has 5 nitrogen and oxygen atoms in total. The Bertz CT molecular complexity index is 2570. The predicted molar refractivity (Wildman–Crippen MR) is 200 cm³/mol. The van der Waals surface area contributed by atoms with E-state index < -0.39 is 0 Å². The maximum absolute atomic E-state index is 6.50. The van der Waals surface area contributed by atoms with E-state index in [9.17, 15) is 0 Å². The molecule has 236 valence electrons. The van der Waals surface area contributed by atoms with Crippen LogP contribution in [0, 0.1) is 0 Å². The summed E-state index contributed by atoms with van der Waals surface area (Å²) in [7, 11) is 0. The Labute approximate surface area is 289 Å². The molecule has 0 bridgehead atoms. The SMILES string of the molecule is C1=CC(c2nc(-c3ccccc3)nc(-c3ccccc3)n2)C2C(=C1)Oc1ccc(-c3ccc4c(c3)c3ccccc3n4-c3ccccc3)cc12. The van der Waals surface area contributed by atoms with Gasteiger partial charge in [0.25, 0.3) is 0 Å². The molecule has 2 aliphatic rings. The molecule has 1 aliphatic heterocycles. The maximum atomic E-state index is 6.50. The van der Waals surface area contributed by atoms with Crippen LogP contribution >= 0.6 is 0 Å². The highest BCUT2D eigenvalue weighted by Gasteiger charge is 2.39. The van der Waals surface area contributed by atoms with Gasteiger partial charge in [0.2, 0.25) is 0 Å². The number of nitrogens with zero attached hydrogens (tertiary/aromatic N) is 4. The minimum atomic E-state index is -0.134. The molecule has 0 radical (unpaired) electrons. The summed E-state index contributed by atoms with van der Waals surface area (Å²) in [6.45, 7) is 0. The number of aromatic nitrogens is 4. The fraction of sp³-hybridized carbons (Fsp3) is 0.0444. The Morgan fingerprint density at radius 1 is 0.520 bits per heavy atom. The van der Waals surface area contributed by atoms with E-state index >= 15 is 0 Å². The monoisotopic (exact) mass is 642 g/mol. The number of fused-ring (bicyclic) bond motifs is 6. The number of rotatable bonds is 5. The molecular weight excluding hydrogens is 613 g/mol. The molecule has 5 heteroatoms. The fourth-order valence-electron chi connectivity index (χ4n) is 7.51. The van der Waals surface area contributed by atoms with E-state index in [-0.39, 0.29) is 11.8 Å². The van der Waals surface area contributed by atoms with Crippen molar-refractivity contribution >= 4 is 21.8 Å². The molecule has 2 unspecified atom stereocenters. The van der Waals surface area contributed by atoms with Gasteiger partial charge in [0.05, 0.1) is 22.9 Å². The molecular formula is C45H30N4O. The summed E-state index contributed by atoms with van der Waals surface area (Å²) < 4.78 is 8.85. The highest BCUT2D eigenvalue weighted by Crippen LogP contribution is 2.51. The molecule has 0 spiro atoms. The van der Waals surface area contributed by atoms with Gasteiger partial charge in [-0.25, -0.2) is 15.0 Å². The van der Waals surface area contributed by atoms with E-state index in [1.165, 1.54) is 21.8 Å². The Kier molecular flexibility index (Phi) is 6.56. The van der Waals surface area contributed by atoms with E-state index in [4.69, 9.17) is 19.7 Å². The molecule has 10 rings (SSSR count). The van der Waals surface area contributed by atoms with Gasteiger partial charge in [0, 0.05) is 33.2 Å². The van der Waals surface area contributed by atoms with Gasteiger partial charge in [-0.2, -0.15) is 0 Å². The van der Waals surface area contributed by atoms with Gasteiger partial charge in [-0.15, -0.1) is 0 Å².